The van der Waals surface area contributed by atoms with Gasteiger partial charge >= 0.3 is 11.9 Å². The molecule has 3 atom stereocenters. The Hall–Kier alpha value is -2.39. The second-order valence-electron chi connectivity index (χ2n) is 10.6. The average molecular weight is 526 g/mol. The Morgan fingerprint density at radius 2 is 1.49 bits per heavy atom. The second kappa shape index (κ2) is 11.2. The second-order valence-corrected chi connectivity index (χ2v) is 10.9. The summed E-state index contributed by atoms with van der Waals surface area (Å²) in [6, 6.07) is 18.8. The molecule has 0 saturated carbocycles. The number of nitrogens with zero attached hydrogens (tertiary/aromatic N) is 1. The number of thiol groups is 1. The lowest BCUT2D eigenvalue weighted by molar-refractivity contribution is -0.956. The fourth-order valence-electron chi connectivity index (χ4n) is 6.87. The molecule has 2 aromatic carbocycles. The Balaban J connectivity index is 1.42. The van der Waals surface area contributed by atoms with Gasteiger partial charge in [0.1, 0.15) is 12.1 Å². The minimum Gasteiger partial charge on any atom is -0.459 e. The van der Waals surface area contributed by atoms with Crippen LogP contribution in [0.5, 0.6) is 0 Å². The van der Waals surface area contributed by atoms with E-state index in [1.54, 1.807) is 0 Å². The third-order valence-corrected chi connectivity index (χ3v) is 9.05. The van der Waals surface area contributed by atoms with E-state index in [0.29, 0.717) is 23.2 Å². The van der Waals surface area contributed by atoms with Crippen molar-refractivity contribution in [3.05, 3.63) is 71.8 Å². The number of hydrogen-bond acceptors (Lipinski definition) is 7. The van der Waals surface area contributed by atoms with Gasteiger partial charge in [-0.3, -0.25) is 4.79 Å². The molecule has 3 fully saturated rings. The molecular weight excluding hydrogens is 488 g/mol. The SMILES string of the molecule is N[C@@H](CS)C(=O)OCOC(C(=O)OC1CC2CCC(C1)[N+]21CCCC1)(c1ccccc1)c1ccccc1. The van der Waals surface area contributed by atoms with Crippen LogP contribution in [-0.4, -0.2) is 66.3 Å². The number of hydrogen-bond donors (Lipinski definition) is 2. The lowest BCUT2D eigenvalue weighted by Gasteiger charge is -2.47. The third kappa shape index (κ3) is 4.92. The Morgan fingerprint density at radius 1 is 0.946 bits per heavy atom. The smallest absolute Gasteiger partial charge is 0.348 e. The predicted octanol–water partition coefficient (Wildman–Crippen LogP) is 3.55. The van der Waals surface area contributed by atoms with Crippen molar-refractivity contribution in [1.29, 1.82) is 0 Å². The highest BCUT2D eigenvalue weighted by atomic mass is 32.1. The standard InChI is InChI=1S/C29H36N2O5S/c30-26(19-37)27(32)34-20-35-29(21-9-3-1-4-10-21,22-11-5-2-6-12-22)28(33)36-25-17-23-13-14-24(18-25)31(23)15-7-8-16-31/h1-6,9-12,23-26H,7-8,13-20,30H2/p+1/t23?,24?,25?,26-/m0/s1. The molecule has 2 N–H and O–H groups in total. The number of esters is 2. The number of carbonyl (C=O) groups excluding carboxylic acids is 2. The molecule has 37 heavy (non-hydrogen) atoms. The van der Waals surface area contributed by atoms with E-state index in [9.17, 15) is 9.59 Å². The van der Waals surface area contributed by atoms with Crippen molar-refractivity contribution in [2.75, 3.05) is 25.6 Å². The zero-order valence-electron chi connectivity index (χ0n) is 21.2. The van der Waals surface area contributed by atoms with E-state index in [0.717, 1.165) is 12.8 Å². The van der Waals surface area contributed by atoms with Gasteiger partial charge in [-0.25, -0.2) is 4.79 Å². The minimum atomic E-state index is -1.59. The average Bonchev–Trinajstić information content (AvgIpc) is 3.48. The first-order valence-corrected chi connectivity index (χ1v) is 14.0. The maximum atomic E-state index is 14.2. The highest BCUT2D eigenvalue weighted by molar-refractivity contribution is 7.80. The first-order valence-electron chi connectivity index (χ1n) is 13.3. The highest BCUT2D eigenvalue weighted by Crippen LogP contribution is 2.47. The third-order valence-electron chi connectivity index (χ3n) is 8.65. The van der Waals surface area contributed by atoms with Gasteiger partial charge in [-0.05, 0) is 11.1 Å². The van der Waals surface area contributed by atoms with Crippen LogP contribution in [0.3, 0.4) is 0 Å². The van der Waals surface area contributed by atoms with Crippen LogP contribution < -0.4 is 5.73 Å². The van der Waals surface area contributed by atoms with Crippen molar-refractivity contribution in [3.8, 4) is 0 Å². The molecule has 3 saturated heterocycles. The summed E-state index contributed by atoms with van der Waals surface area (Å²) in [5, 5.41) is 0. The summed E-state index contributed by atoms with van der Waals surface area (Å²) >= 11 is 4.06. The van der Waals surface area contributed by atoms with Gasteiger partial charge in [0.05, 0.1) is 25.2 Å². The van der Waals surface area contributed by atoms with Crippen LogP contribution in [0.4, 0.5) is 0 Å². The Kier molecular flexibility index (Phi) is 7.91. The summed E-state index contributed by atoms with van der Waals surface area (Å²) in [7, 11) is 0. The highest BCUT2D eigenvalue weighted by Gasteiger charge is 2.57. The molecule has 3 heterocycles. The zero-order chi connectivity index (χ0) is 25.9. The van der Waals surface area contributed by atoms with Crippen LogP contribution in [0.25, 0.3) is 0 Å². The lowest BCUT2D eigenvalue weighted by Crippen LogP contribution is -2.60. The number of quaternary nitrogens is 1. The number of nitrogens with two attached hydrogens (primary N) is 1. The Morgan fingerprint density at radius 3 is 2.00 bits per heavy atom. The number of ether oxygens (including phenoxy) is 3. The summed E-state index contributed by atoms with van der Waals surface area (Å²) < 4.78 is 19.1. The summed E-state index contributed by atoms with van der Waals surface area (Å²) in [5.41, 5.74) is 5.39. The molecule has 198 valence electrons. The molecule has 2 bridgehead atoms. The zero-order valence-corrected chi connectivity index (χ0v) is 22.1. The molecule has 7 nitrogen and oxygen atoms in total. The van der Waals surface area contributed by atoms with Crippen molar-refractivity contribution < 1.29 is 28.3 Å². The fourth-order valence-corrected chi connectivity index (χ4v) is 7.02. The molecule has 8 heteroatoms. The van der Waals surface area contributed by atoms with Gasteiger partial charge in [-0.15, -0.1) is 0 Å². The van der Waals surface area contributed by atoms with Crippen LogP contribution in [0.2, 0.25) is 0 Å². The van der Waals surface area contributed by atoms with Crippen molar-refractivity contribution in [2.24, 2.45) is 5.73 Å². The van der Waals surface area contributed by atoms with E-state index < -0.39 is 30.4 Å². The van der Waals surface area contributed by atoms with Crippen LogP contribution in [0.15, 0.2) is 60.7 Å². The molecule has 3 aliphatic heterocycles. The maximum absolute atomic E-state index is 14.2. The van der Waals surface area contributed by atoms with Gasteiger partial charge in [-0.1, -0.05) is 60.7 Å². The monoisotopic (exact) mass is 525 g/mol. The molecule has 1 spiro atoms. The van der Waals surface area contributed by atoms with E-state index in [-0.39, 0.29) is 11.9 Å². The summed E-state index contributed by atoms with van der Waals surface area (Å²) in [6.45, 7) is 2.07. The van der Waals surface area contributed by atoms with Crippen LogP contribution >= 0.6 is 12.6 Å². The first kappa shape index (κ1) is 26.2. The van der Waals surface area contributed by atoms with Crippen LogP contribution in [0.1, 0.15) is 49.7 Å². The van der Waals surface area contributed by atoms with Gasteiger partial charge in [0.15, 0.2) is 6.79 Å². The van der Waals surface area contributed by atoms with E-state index >= 15 is 0 Å². The van der Waals surface area contributed by atoms with Gasteiger partial charge in [0, 0.05) is 44.3 Å². The van der Waals surface area contributed by atoms with Gasteiger partial charge in [0.2, 0.25) is 5.60 Å². The van der Waals surface area contributed by atoms with Crippen LogP contribution in [-0.2, 0) is 29.4 Å². The lowest BCUT2D eigenvalue weighted by atomic mass is 9.85. The topological polar surface area (TPSA) is 87.9 Å². The molecule has 0 amide bonds. The van der Waals surface area contributed by atoms with Crippen molar-refractivity contribution in [2.45, 2.75) is 68.4 Å². The van der Waals surface area contributed by atoms with E-state index in [1.165, 1.54) is 43.3 Å². The summed E-state index contributed by atoms with van der Waals surface area (Å²) in [5.74, 6) is -0.978. The number of carbonyl (C=O) groups is 2. The predicted molar refractivity (Wildman–Crippen MR) is 143 cm³/mol. The van der Waals surface area contributed by atoms with E-state index in [1.807, 2.05) is 60.7 Å². The van der Waals surface area contributed by atoms with E-state index in [4.69, 9.17) is 19.9 Å². The van der Waals surface area contributed by atoms with Crippen molar-refractivity contribution in [1.82, 2.24) is 0 Å². The molecule has 2 unspecified atom stereocenters. The van der Waals surface area contributed by atoms with Crippen LogP contribution in [0, 0.1) is 0 Å². The molecule has 0 radical (unpaired) electrons. The van der Waals surface area contributed by atoms with E-state index in [2.05, 4.69) is 12.6 Å². The first-order chi connectivity index (χ1) is 18.0. The Bertz CT molecular complexity index is 1020. The molecular formula is C29H37N2O5S+. The Labute approximate surface area is 224 Å². The number of piperidine rings is 1. The molecule has 5 rings (SSSR count). The number of rotatable bonds is 9. The maximum Gasteiger partial charge on any atom is 0.348 e. The largest absolute Gasteiger partial charge is 0.459 e. The van der Waals surface area contributed by atoms with Crippen molar-refractivity contribution in [3.63, 3.8) is 0 Å². The van der Waals surface area contributed by atoms with Gasteiger partial charge < -0.3 is 24.4 Å². The summed E-state index contributed by atoms with van der Waals surface area (Å²) in [4.78, 5) is 26.4. The quantitative estimate of drug-likeness (QED) is 0.225. The fraction of sp³-hybridized carbons (Fsp3) is 0.517. The molecule has 0 aromatic heterocycles. The molecule has 0 aliphatic carbocycles. The molecule has 3 aliphatic rings. The van der Waals surface area contributed by atoms with Gasteiger partial charge in [-0.2, -0.15) is 12.6 Å². The summed E-state index contributed by atoms with van der Waals surface area (Å²) in [6.07, 6.45) is 6.61. The number of benzene rings is 2. The van der Waals surface area contributed by atoms with Gasteiger partial charge in [0.25, 0.3) is 0 Å². The minimum absolute atomic E-state index is 0.146. The molecule has 2 aromatic rings. The van der Waals surface area contributed by atoms with Crippen molar-refractivity contribution >= 4 is 24.6 Å². The normalized spacial score (nSPS) is 25.1.